The summed E-state index contributed by atoms with van der Waals surface area (Å²) in [5.74, 6) is -0.704. The van der Waals surface area contributed by atoms with Gasteiger partial charge in [-0.3, -0.25) is 4.79 Å². The first-order valence-corrected chi connectivity index (χ1v) is 9.21. The predicted octanol–water partition coefficient (Wildman–Crippen LogP) is 2.39. The second-order valence-electron chi connectivity index (χ2n) is 4.85. The molecule has 0 saturated heterocycles. The summed E-state index contributed by atoms with van der Waals surface area (Å²) < 4.78 is 26.6. The van der Waals surface area contributed by atoms with Gasteiger partial charge < -0.3 is 0 Å². The van der Waals surface area contributed by atoms with Crippen molar-refractivity contribution >= 4 is 27.3 Å². The van der Waals surface area contributed by atoms with Gasteiger partial charge in [0.05, 0.1) is 27.2 Å². The Kier molecular flexibility index (Phi) is 5.13. The van der Waals surface area contributed by atoms with E-state index in [1.807, 2.05) is 17.7 Å². The Bertz CT molecular complexity index is 880. The third-order valence-corrected chi connectivity index (χ3v) is 5.56. The maximum absolute atomic E-state index is 12.3. The number of aromatic nitrogens is 1. The van der Waals surface area contributed by atoms with Crippen molar-refractivity contribution < 1.29 is 13.2 Å². The maximum Gasteiger partial charge on any atom is 0.276 e. The lowest BCUT2D eigenvalue weighted by atomic mass is 10.2. The number of rotatable bonds is 5. The van der Waals surface area contributed by atoms with Crippen molar-refractivity contribution in [3.05, 3.63) is 45.4 Å². The standard InChI is InChI=1S/C15H15N3O3S2/c1-3-5-13-17-10(2)14(22-13)15(19)18-23(20,21)12-7-4-6-11(8-12)9-16/h4,6-8H,3,5H2,1-2H3,(H,18,19). The van der Waals surface area contributed by atoms with Gasteiger partial charge in [0.15, 0.2) is 0 Å². The van der Waals surface area contributed by atoms with Crippen LogP contribution >= 0.6 is 11.3 Å². The molecular weight excluding hydrogens is 334 g/mol. The highest BCUT2D eigenvalue weighted by atomic mass is 32.2. The molecule has 1 N–H and O–H groups in total. The zero-order valence-corrected chi connectivity index (χ0v) is 14.3. The highest BCUT2D eigenvalue weighted by Gasteiger charge is 2.22. The van der Waals surface area contributed by atoms with Gasteiger partial charge in [-0.05, 0) is 38.0 Å². The van der Waals surface area contributed by atoms with Crippen molar-refractivity contribution in [2.45, 2.75) is 31.6 Å². The molecule has 2 rings (SSSR count). The number of thiazole rings is 1. The van der Waals surface area contributed by atoms with Gasteiger partial charge in [-0.15, -0.1) is 11.3 Å². The first-order chi connectivity index (χ1) is 10.9. The molecule has 0 saturated carbocycles. The topological polar surface area (TPSA) is 99.9 Å². The van der Waals surface area contributed by atoms with E-state index in [2.05, 4.69) is 4.98 Å². The second kappa shape index (κ2) is 6.89. The van der Waals surface area contributed by atoms with E-state index in [9.17, 15) is 13.2 Å². The summed E-state index contributed by atoms with van der Waals surface area (Å²) in [6, 6.07) is 7.36. The number of hydrogen-bond donors (Lipinski definition) is 1. The van der Waals surface area contributed by atoms with Crippen LogP contribution in [-0.4, -0.2) is 19.3 Å². The molecular formula is C15H15N3O3S2. The molecule has 0 unspecified atom stereocenters. The number of nitrogens with zero attached hydrogens (tertiary/aromatic N) is 2. The molecule has 0 radical (unpaired) electrons. The average Bonchev–Trinajstić information content (AvgIpc) is 2.88. The molecule has 8 heteroatoms. The SMILES string of the molecule is CCCc1nc(C)c(C(=O)NS(=O)(=O)c2cccc(C#N)c2)s1. The average molecular weight is 349 g/mol. The van der Waals surface area contributed by atoms with Crippen LogP contribution in [0.15, 0.2) is 29.2 Å². The van der Waals surface area contributed by atoms with Crippen LogP contribution in [0.4, 0.5) is 0 Å². The number of carbonyl (C=O) groups excluding carboxylic acids is 1. The van der Waals surface area contributed by atoms with Gasteiger partial charge in [-0.25, -0.2) is 18.1 Å². The van der Waals surface area contributed by atoms with Gasteiger partial charge in [0.1, 0.15) is 4.88 Å². The molecule has 1 amide bonds. The van der Waals surface area contributed by atoms with Crippen molar-refractivity contribution in [2.24, 2.45) is 0 Å². The lowest BCUT2D eigenvalue weighted by Crippen LogP contribution is -2.30. The molecule has 0 spiro atoms. The van der Waals surface area contributed by atoms with Crippen LogP contribution in [0.3, 0.4) is 0 Å². The summed E-state index contributed by atoms with van der Waals surface area (Å²) >= 11 is 1.20. The largest absolute Gasteiger partial charge is 0.276 e. The molecule has 0 fully saturated rings. The molecule has 1 aromatic heterocycles. The predicted molar refractivity (Wildman–Crippen MR) is 86.7 cm³/mol. The van der Waals surface area contributed by atoms with Crippen LogP contribution in [0.5, 0.6) is 0 Å². The molecule has 2 aromatic rings. The van der Waals surface area contributed by atoms with E-state index in [-0.39, 0.29) is 15.3 Å². The third kappa shape index (κ3) is 3.94. The normalized spacial score (nSPS) is 11.0. The van der Waals surface area contributed by atoms with Crippen LogP contribution in [0.1, 0.15) is 39.3 Å². The van der Waals surface area contributed by atoms with Gasteiger partial charge in [0.2, 0.25) is 0 Å². The van der Waals surface area contributed by atoms with Crippen molar-refractivity contribution in [2.75, 3.05) is 0 Å². The van der Waals surface area contributed by atoms with Crippen LogP contribution in [0.25, 0.3) is 0 Å². The number of amides is 1. The van der Waals surface area contributed by atoms with Gasteiger partial charge in [-0.1, -0.05) is 13.0 Å². The fraction of sp³-hybridized carbons (Fsp3) is 0.267. The fourth-order valence-corrected chi connectivity index (χ4v) is 4.07. The van der Waals surface area contributed by atoms with Crippen molar-refractivity contribution in [3.8, 4) is 6.07 Å². The highest BCUT2D eigenvalue weighted by molar-refractivity contribution is 7.90. The highest BCUT2D eigenvalue weighted by Crippen LogP contribution is 2.20. The van der Waals surface area contributed by atoms with Crippen molar-refractivity contribution in [1.29, 1.82) is 5.26 Å². The number of sulfonamides is 1. The smallest absolute Gasteiger partial charge is 0.267 e. The van der Waals surface area contributed by atoms with Crippen LogP contribution in [-0.2, 0) is 16.4 Å². The van der Waals surface area contributed by atoms with E-state index in [1.165, 1.54) is 35.6 Å². The van der Waals surface area contributed by atoms with Crippen LogP contribution in [0.2, 0.25) is 0 Å². The van der Waals surface area contributed by atoms with E-state index in [0.29, 0.717) is 5.69 Å². The molecule has 0 atom stereocenters. The molecule has 0 bridgehead atoms. The third-order valence-electron chi connectivity index (χ3n) is 3.01. The van der Waals surface area contributed by atoms with Gasteiger partial charge >= 0.3 is 0 Å². The van der Waals surface area contributed by atoms with E-state index >= 15 is 0 Å². The fourth-order valence-electron chi connectivity index (χ4n) is 1.94. The Morgan fingerprint density at radius 3 is 2.83 bits per heavy atom. The van der Waals surface area contributed by atoms with Crippen molar-refractivity contribution in [1.82, 2.24) is 9.71 Å². The van der Waals surface area contributed by atoms with Crippen molar-refractivity contribution in [3.63, 3.8) is 0 Å². The molecule has 6 nitrogen and oxygen atoms in total. The summed E-state index contributed by atoms with van der Waals surface area (Å²) in [7, 11) is -4.03. The Morgan fingerprint density at radius 2 is 2.17 bits per heavy atom. The Balaban J connectivity index is 2.26. The number of benzene rings is 1. The Morgan fingerprint density at radius 1 is 1.43 bits per heavy atom. The number of aryl methyl sites for hydroxylation is 2. The molecule has 0 aliphatic carbocycles. The van der Waals surface area contributed by atoms with Crippen LogP contribution < -0.4 is 4.72 Å². The lowest BCUT2D eigenvalue weighted by molar-refractivity contribution is 0.0984. The lowest BCUT2D eigenvalue weighted by Gasteiger charge is -2.06. The molecule has 1 heterocycles. The summed E-state index contributed by atoms with van der Waals surface area (Å²) in [6.45, 7) is 3.68. The van der Waals surface area contributed by atoms with Gasteiger partial charge in [0, 0.05) is 0 Å². The molecule has 0 aliphatic heterocycles. The van der Waals surface area contributed by atoms with E-state index in [4.69, 9.17) is 5.26 Å². The van der Waals surface area contributed by atoms with E-state index in [1.54, 1.807) is 6.92 Å². The zero-order chi connectivity index (χ0) is 17.0. The summed E-state index contributed by atoms with van der Waals surface area (Å²) in [6.07, 6.45) is 1.64. The van der Waals surface area contributed by atoms with Gasteiger partial charge in [0.25, 0.3) is 15.9 Å². The second-order valence-corrected chi connectivity index (χ2v) is 7.61. The first kappa shape index (κ1) is 17.1. The summed E-state index contributed by atoms with van der Waals surface area (Å²) in [4.78, 5) is 16.7. The minimum absolute atomic E-state index is 0.124. The Labute approximate surface area is 138 Å². The minimum atomic E-state index is -4.03. The van der Waals surface area contributed by atoms with E-state index < -0.39 is 15.9 Å². The Hall–Kier alpha value is -2.24. The van der Waals surface area contributed by atoms with Gasteiger partial charge in [-0.2, -0.15) is 5.26 Å². The summed E-state index contributed by atoms with van der Waals surface area (Å²) in [5.41, 5.74) is 0.719. The zero-order valence-electron chi connectivity index (χ0n) is 12.7. The number of nitrogens with one attached hydrogen (secondary N) is 1. The molecule has 0 aliphatic rings. The first-order valence-electron chi connectivity index (χ1n) is 6.91. The van der Waals surface area contributed by atoms with Crippen LogP contribution in [0, 0.1) is 18.3 Å². The van der Waals surface area contributed by atoms with E-state index in [0.717, 1.165) is 17.8 Å². The molecule has 120 valence electrons. The summed E-state index contributed by atoms with van der Waals surface area (Å²) in [5, 5.41) is 9.64. The maximum atomic E-state index is 12.3. The number of carbonyl (C=O) groups is 1. The number of hydrogen-bond acceptors (Lipinski definition) is 6. The number of nitriles is 1. The minimum Gasteiger partial charge on any atom is -0.267 e. The molecule has 23 heavy (non-hydrogen) atoms. The monoisotopic (exact) mass is 349 g/mol. The molecule has 1 aromatic carbocycles. The quantitative estimate of drug-likeness (QED) is 0.893.